The van der Waals surface area contributed by atoms with Crippen LogP contribution in [0.2, 0.25) is 0 Å². The van der Waals surface area contributed by atoms with Gasteiger partial charge >= 0.3 is 11.9 Å². The molecule has 4 heteroatoms. The van der Waals surface area contributed by atoms with E-state index in [0.29, 0.717) is 18.1 Å². The second-order valence-corrected chi connectivity index (χ2v) is 5.84. The van der Waals surface area contributed by atoms with Crippen LogP contribution in [0.25, 0.3) is 0 Å². The van der Waals surface area contributed by atoms with Gasteiger partial charge in [0.15, 0.2) is 0 Å². The molecule has 0 aliphatic rings. The molecule has 0 amide bonds. The summed E-state index contributed by atoms with van der Waals surface area (Å²) in [5.41, 5.74) is 0.298. The van der Waals surface area contributed by atoms with Gasteiger partial charge in [-0.25, -0.2) is 4.79 Å². The fourth-order valence-corrected chi connectivity index (χ4v) is 2.55. The summed E-state index contributed by atoms with van der Waals surface area (Å²) in [6.07, 6.45) is 6.79. The first-order valence-corrected chi connectivity index (χ1v) is 8.53. The minimum atomic E-state index is -0.450. The lowest BCUT2D eigenvalue weighted by molar-refractivity contribution is -0.131. The topological polar surface area (TPSA) is 52.6 Å². The van der Waals surface area contributed by atoms with Gasteiger partial charge in [0, 0.05) is 6.92 Å². The Hall–Kier alpha value is -1.84. The average Bonchev–Trinajstić information content (AvgIpc) is 2.52. The molecule has 4 nitrogen and oxygen atoms in total. The van der Waals surface area contributed by atoms with E-state index in [1.165, 1.54) is 26.2 Å². The summed E-state index contributed by atoms with van der Waals surface area (Å²) in [5, 5.41) is 0. The number of hydrogen-bond acceptors (Lipinski definition) is 4. The molecule has 0 bridgehead atoms. The maximum Gasteiger partial charge on any atom is 0.341 e. The predicted octanol–water partition coefficient (Wildman–Crippen LogP) is 4.77. The largest absolute Gasteiger partial charge is 0.462 e. The molecular formula is C19H28O4. The first-order valence-electron chi connectivity index (χ1n) is 8.53. The van der Waals surface area contributed by atoms with Gasteiger partial charge in [0.25, 0.3) is 0 Å². The molecule has 0 N–H and O–H groups in total. The van der Waals surface area contributed by atoms with E-state index < -0.39 is 11.9 Å². The van der Waals surface area contributed by atoms with Crippen LogP contribution in [0.4, 0.5) is 0 Å². The van der Waals surface area contributed by atoms with Gasteiger partial charge in [-0.1, -0.05) is 51.7 Å². The van der Waals surface area contributed by atoms with Crippen molar-refractivity contribution in [3.05, 3.63) is 29.8 Å². The number of benzene rings is 1. The highest BCUT2D eigenvalue weighted by atomic mass is 16.5. The van der Waals surface area contributed by atoms with Gasteiger partial charge in [0.1, 0.15) is 11.3 Å². The maximum absolute atomic E-state index is 12.3. The summed E-state index contributed by atoms with van der Waals surface area (Å²) < 4.78 is 10.5. The Morgan fingerprint density at radius 2 is 1.78 bits per heavy atom. The summed E-state index contributed by atoms with van der Waals surface area (Å²) >= 11 is 0. The zero-order valence-electron chi connectivity index (χ0n) is 14.5. The van der Waals surface area contributed by atoms with Crippen molar-refractivity contribution in [2.24, 2.45) is 5.92 Å². The number of carbonyl (C=O) groups excluding carboxylic acids is 2. The van der Waals surface area contributed by atoms with E-state index in [-0.39, 0.29) is 5.75 Å². The maximum atomic E-state index is 12.3. The van der Waals surface area contributed by atoms with Gasteiger partial charge < -0.3 is 9.47 Å². The van der Waals surface area contributed by atoms with Crippen LogP contribution in [0, 0.1) is 5.92 Å². The van der Waals surface area contributed by atoms with Crippen LogP contribution < -0.4 is 4.74 Å². The molecule has 1 atom stereocenters. The molecular weight excluding hydrogens is 292 g/mol. The smallest absolute Gasteiger partial charge is 0.341 e. The monoisotopic (exact) mass is 320 g/mol. The lowest BCUT2D eigenvalue weighted by Crippen LogP contribution is -2.16. The second-order valence-electron chi connectivity index (χ2n) is 5.84. The van der Waals surface area contributed by atoms with E-state index in [1.807, 2.05) is 0 Å². The molecule has 0 aromatic heterocycles. The number of hydrogen-bond donors (Lipinski definition) is 0. The zero-order valence-corrected chi connectivity index (χ0v) is 14.5. The molecule has 0 saturated carbocycles. The SMILES string of the molecule is CCCCCC(CCC)COC(=O)c1ccccc1OC(C)=O. The Morgan fingerprint density at radius 1 is 1.04 bits per heavy atom. The third-order valence-corrected chi connectivity index (χ3v) is 3.72. The minimum Gasteiger partial charge on any atom is -0.462 e. The Labute approximate surface area is 139 Å². The molecule has 0 fully saturated rings. The van der Waals surface area contributed by atoms with Crippen LogP contribution in [0.3, 0.4) is 0 Å². The van der Waals surface area contributed by atoms with Crippen molar-refractivity contribution in [2.75, 3.05) is 6.61 Å². The van der Waals surface area contributed by atoms with Crippen molar-refractivity contribution < 1.29 is 19.1 Å². The molecule has 0 radical (unpaired) electrons. The van der Waals surface area contributed by atoms with Crippen LogP contribution in [-0.4, -0.2) is 18.5 Å². The lowest BCUT2D eigenvalue weighted by Gasteiger charge is -2.16. The summed E-state index contributed by atoms with van der Waals surface area (Å²) in [7, 11) is 0. The average molecular weight is 320 g/mol. The first kappa shape index (κ1) is 19.2. The van der Waals surface area contributed by atoms with E-state index in [1.54, 1.807) is 24.3 Å². The molecule has 23 heavy (non-hydrogen) atoms. The predicted molar refractivity (Wildman–Crippen MR) is 90.6 cm³/mol. The highest BCUT2D eigenvalue weighted by Crippen LogP contribution is 2.21. The number of carbonyl (C=O) groups is 2. The van der Waals surface area contributed by atoms with Crippen LogP contribution in [0.1, 0.15) is 69.7 Å². The van der Waals surface area contributed by atoms with Crippen LogP contribution in [0.5, 0.6) is 5.75 Å². The van der Waals surface area contributed by atoms with Gasteiger partial charge in [-0.3, -0.25) is 4.79 Å². The van der Waals surface area contributed by atoms with Crippen molar-refractivity contribution in [1.29, 1.82) is 0 Å². The number of esters is 2. The van der Waals surface area contributed by atoms with Crippen molar-refractivity contribution >= 4 is 11.9 Å². The van der Waals surface area contributed by atoms with E-state index in [4.69, 9.17) is 9.47 Å². The molecule has 0 spiro atoms. The Kier molecular flexibility index (Phi) is 9.03. The van der Waals surface area contributed by atoms with Crippen molar-refractivity contribution in [3.63, 3.8) is 0 Å². The van der Waals surface area contributed by atoms with Crippen LogP contribution in [-0.2, 0) is 9.53 Å². The fraction of sp³-hybridized carbons (Fsp3) is 0.579. The van der Waals surface area contributed by atoms with Gasteiger partial charge in [-0.05, 0) is 30.9 Å². The van der Waals surface area contributed by atoms with E-state index >= 15 is 0 Å². The normalized spacial score (nSPS) is 11.8. The van der Waals surface area contributed by atoms with Gasteiger partial charge in [0.05, 0.1) is 6.61 Å². The molecule has 1 aromatic rings. The lowest BCUT2D eigenvalue weighted by atomic mass is 9.97. The van der Waals surface area contributed by atoms with Gasteiger partial charge in [-0.15, -0.1) is 0 Å². The standard InChI is InChI=1S/C19H28O4/c1-4-6-7-11-16(10-5-2)14-22-19(21)17-12-8-9-13-18(17)23-15(3)20/h8-9,12-13,16H,4-7,10-11,14H2,1-3H3. The molecule has 1 aromatic carbocycles. The zero-order chi connectivity index (χ0) is 17.1. The summed E-state index contributed by atoms with van der Waals surface area (Å²) in [4.78, 5) is 23.4. The van der Waals surface area contributed by atoms with Crippen LogP contribution in [0.15, 0.2) is 24.3 Å². The van der Waals surface area contributed by atoms with Crippen molar-refractivity contribution in [3.8, 4) is 5.75 Å². The fourth-order valence-electron chi connectivity index (χ4n) is 2.55. The summed E-state index contributed by atoms with van der Waals surface area (Å²) in [6, 6.07) is 6.67. The highest BCUT2D eigenvalue weighted by Gasteiger charge is 2.17. The summed E-state index contributed by atoms with van der Waals surface area (Å²) in [5.74, 6) is -0.230. The summed E-state index contributed by atoms with van der Waals surface area (Å²) in [6.45, 7) is 6.06. The van der Waals surface area contributed by atoms with Gasteiger partial charge in [0.2, 0.25) is 0 Å². The second kappa shape index (κ2) is 10.8. The van der Waals surface area contributed by atoms with E-state index in [2.05, 4.69) is 13.8 Å². The van der Waals surface area contributed by atoms with E-state index in [9.17, 15) is 9.59 Å². The van der Waals surface area contributed by atoms with Crippen molar-refractivity contribution in [1.82, 2.24) is 0 Å². The Bertz CT molecular complexity index is 496. The molecule has 0 saturated heterocycles. The molecule has 0 aliphatic carbocycles. The van der Waals surface area contributed by atoms with E-state index in [0.717, 1.165) is 19.3 Å². The number of para-hydroxylation sites is 1. The number of rotatable bonds is 10. The molecule has 0 heterocycles. The van der Waals surface area contributed by atoms with Gasteiger partial charge in [-0.2, -0.15) is 0 Å². The Balaban J connectivity index is 2.61. The highest BCUT2D eigenvalue weighted by molar-refractivity contribution is 5.93. The first-order chi connectivity index (χ1) is 11.1. The molecule has 128 valence electrons. The van der Waals surface area contributed by atoms with Crippen molar-refractivity contribution in [2.45, 2.75) is 59.3 Å². The molecule has 1 rings (SSSR count). The molecule has 0 aliphatic heterocycles. The number of ether oxygens (including phenoxy) is 2. The third-order valence-electron chi connectivity index (χ3n) is 3.72. The third kappa shape index (κ3) is 7.31. The number of unbranched alkanes of at least 4 members (excludes halogenated alkanes) is 2. The molecule has 1 unspecified atom stereocenters. The van der Waals surface area contributed by atoms with Crippen LogP contribution >= 0.6 is 0 Å². The minimum absolute atomic E-state index is 0.253. The quantitative estimate of drug-likeness (QED) is 0.354. The Morgan fingerprint density at radius 3 is 2.43 bits per heavy atom.